The van der Waals surface area contributed by atoms with Crippen molar-refractivity contribution in [2.24, 2.45) is 0 Å². The predicted molar refractivity (Wildman–Crippen MR) is 105 cm³/mol. The highest BCUT2D eigenvalue weighted by atomic mass is 32.2. The second-order valence-electron chi connectivity index (χ2n) is 7.03. The van der Waals surface area contributed by atoms with Gasteiger partial charge in [0.15, 0.2) is 11.5 Å². The molecule has 1 aromatic carbocycles. The first-order valence-corrected chi connectivity index (χ1v) is 10.7. The molecule has 4 rings (SSSR count). The second kappa shape index (κ2) is 7.32. The third-order valence-electron chi connectivity index (χ3n) is 5.19. The highest BCUT2D eigenvalue weighted by Crippen LogP contribution is 2.35. The number of carbonyl (C=O) groups excluding carboxylic acids is 1. The fourth-order valence-corrected chi connectivity index (χ4v) is 4.82. The summed E-state index contributed by atoms with van der Waals surface area (Å²) in [5, 5.41) is 7.17. The van der Waals surface area contributed by atoms with Crippen molar-refractivity contribution in [3.05, 3.63) is 35.7 Å². The van der Waals surface area contributed by atoms with Gasteiger partial charge in [-0.05, 0) is 32.4 Å². The van der Waals surface area contributed by atoms with Crippen LogP contribution in [-0.2, 0) is 21.5 Å². The Kier molecular flexibility index (Phi) is 4.97. The maximum absolute atomic E-state index is 13.0. The van der Waals surface area contributed by atoms with E-state index < -0.39 is 28.2 Å². The average molecular weight is 421 g/mol. The monoisotopic (exact) mass is 421 g/mol. The topological polar surface area (TPSA) is 115 Å². The van der Waals surface area contributed by atoms with Gasteiger partial charge in [0.25, 0.3) is 10.2 Å². The molecule has 2 aliphatic rings. The number of likely N-dealkylation sites (N-methyl/N-ethyl adjacent to an activating group) is 1. The molecule has 1 amide bonds. The van der Waals surface area contributed by atoms with Gasteiger partial charge in [0.2, 0.25) is 12.7 Å². The zero-order valence-electron chi connectivity index (χ0n) is 16.4. The summed E-state index contributed by atoms with van der Waals surface area (Å²) in [7, 11) is -2.43. The van der Waals surface area contributed by atoms with E-state index in [0.29, 0.717) is 23.7 Å². The van der Waals surface area contributed by atoms with E-state index in [2.05, 4.69) is 15.1 Å². The highest BCUT2D eigenvalue weighted by molar-refractivity contribution is 7.87. The summed E-state index contributed by atoms with van der Waals surface area (Å²) < 4.78 is 41.3. The molecule has 11 heteroatoms. The standard InChI is InChI=1S/C18H23N5O5S/c1-4-23-9-13(11(2)20-23)14-8-15(22(3)29(25,26)21-14)18(24)19-12-5-6-16-17(7-12)28-10-27-16/h5-7,9,14-15,21H,4,8,10H2,1-3H3,(H,19,24). The van der Waals surface area contributed by atoms with Crippen LogP contribution in [0, 0.1) is 6.92 Å². The Morgan fingerprint density at radius 2 is 2.10 bits per heavy atom. The van der Waals surface area contributed by atoms with Gasteiger partial charge in [-0.15, -0.1) is 0 Å². The van der Waals surface area contributed by atoms with Crippen LogP contribution >= 0.6 is 0 Å². The van der Waals surface area contributed by atoms with Gasteiger partial charge in [-0.3, -0.25) is 9.48 Å². The number of rotatable bonds is 4. The molecule has 1 aromatic heterocycles. The van der Waals surface area contributed by atoms with Crippen molar-refractivity contribution in [1.82, 2.24) is 18.8 Å². The molecule has 1 fully saturated rings. The number of anilines is 1. The second-order valence-corrected chi connectivity index (χ2v) is 8.79. The van der Waals surface area contributed by atoms with Crippen molar-refractivity contribution in [3.8, 4) is 11.5 Å². The van der Waals surface area contributed by atoms with E-state index in [4.69, 9.17) is 9.47 Å². The minimum absolute atomic E-state index is 0.133. The van der Waals surface area contributed by atoms with Gasteiger partial charge >= 0.3 is 0 Å². The van der Waals surface area contributed by atoms with Gasteiger partial charge in [0, 0.05) is 37.1 Å². The molecule has 2 unspecified atom stereocenters. The number of hydrogen-bond acceptors (Lipinski definition) is 6. The normalized spacial score (nSPS) is 23.1. The first-order valence-electron chi connectivity index (χ1n) is 9.28. The summed E-state index contributed by atoms with van der Waals surface area (Å²) >= 11 is 0. The quantitative estimate of drug-likeness (QED) is 0.766. The van der Waals surface area contributed by atoms with E-state index in [9.17, 15) is 13.2 Å². The van der Waals surface area contributed by atoms with Crippen LogP contribution in [0.4, 0.5) is 5.69 Å². The van der Waals surface area contributed by atoms with Gasteiger partial charge < -0.3 is 14.8 Å². The number of ether oxygens (including phenoxy) is 2. The van der Waals surface area contributed by atoms with E-state index >= 15 is 0 Å². The van der Waals surface area contributed by atoms with Gasteiger partial charge in [-0.1, -0.05) is 0 Å². The molecular weight excluding hydrogens is 398 g/mol. The molecule has 156 valence electrons. The molecule has 10 nitrogen and oxygen atoms in total. The van der Waals surface area contributed by atoms with Crippen molar-refractivity contribution in [2.45, 2.75) is 38.9 Å². The number of carbonyl (C=O) groups is 1. The maximum atomic E-state index is 13.0. The number of nitrogens with zero attached hydrogens (tertiary/aromatic N) is 3. The zero-order chi connectivity index (χ0) is 20.8. The molecule has 2 aliphatic heterocycles. The lowest BCUT2D eigenvalue weighted by molar-refractivity contribution is -0.120. The number of aryl methyl sites for hydroxylation is 2. The molecule has 1 saturated heterocycles. The Bertz CT molecular complexity index is 1050. The fourth-order valence-electron chi connectivity index (χ4n) is 3.55. The van der Waals surface area contributed by atoms with E-state index in [0.717, 1.165) is 15.6 Å². The summed E-state index contributed by atoms with van der Waals surface area (Å²) in [6, 6.07) is 3.63. The van der Waals surface area contributed by atoms with Crippen molar-refractivity contribution < 1.29 is 22.7 Å². The summed E-state index contributed by atoms with van der Waals surface area (Å²) in [6.07, 6.45) is 2.10. The van der Waals surface area contributed by atoms with Crippen molar-refractivity contribution >= 4 is 21.8 Å². The lowest BCUT2D eigenvalue weighted by Gasteiger charge is -2.36. The van der Waals surface area contributed by atoms with E-state index in [1.54, 1.807) is 22.9 Å². The van der Waals surface area contributed by atoms with Crippen LogP contribution in [0.15, 0.2) is 24.4 Å². The third-order valence-corrected chi connectivity index (χ3v) is 6.79. The Labute approximate surface area is 169 Å². The Morgan fingerprint density at radius 3 is 2.83 bits per heavy atom. The Balaban J connectivity index is 1.57. The average Bonchev–Trinajstić information content (AvgIpc) is 3.29. The number of fused-ring (bicyclic) bond motifs is 1. The number of amides is 1. The Hall–Kier alpha value is -2.63. The molecule has 29 heavy (non-hydrogen) atoms. The maximum Gasteiger partial charge on any atom is 0.280 e. The van der Waals surface area contributed by atoms with Gasteiger partial charge in [0.1, 0.15) is 6.04 Å². The van der Waals surface area contributed by atoms with E-state index in [1.165, 1.54) is 7.05 Å². The van der Waals surface area contributed by atoms with Crippen LogP contribution in [0.2, 0.25) is 0 Å². The van der Waals surface area contributed by atoms with Crippen molar-refractivity contribution in [2.75, 3.05) is 19.2 Å². The minimum atomic E-state index is -3.83. The molecule has 3 heterocycles. The first-order chi connectivity index (χ1) is 13.8. The summed E-state index contributed by atoms with van der Waals surface area (Å²) in [4.78, 5) is 13.0. The van der Waals surface area contributed by atoms with E-state index in [-0.39, 0.29) is 13.2 Å². The number of nitrogens with one attached hydrogen (secondary N) is 2. The first kappa shape index (κ1) is 19.7. The fraction of sp³-hybridized carbons (Fsp3) is 0.444. The molecule has 2 atom stereocenters. The van der Waals surface area contributed by atoms with Crippen LogP contribution < -0.4 is 19.5 Å². The molecule has 0 bridgehead atoms. The van der Waals surface area contributed by atoms with Gasteiger partial charge in [0.05, 0.1) is 11.7 Å². The SMILES string of the molecule is CCn1cc(C2CC(C(=O)Nc3ccc4c(c3)OCO4)N(C)S(=O)(=O)N2)c(C)n1. The lowest BCUT2D eigenvalue weighted by Crippen LogP contribution is -2.56. The molecule has 0 radical (unpaired) electrons. The number of benzene rings is 1. The Morgan fingerprint density at radius 1 is 1.34 bits per heavy atom. The highest BCUT2D eigenvalue weighted by Gasteiger charge is 2.41. The van der Waals surface area contributed by atoms with Gasteiger partial charge in [-0.25, -0.2) is 0 Å². The molecular formula is C18H23N5O5S. The summed E-state index contributed by atoms with van der Waals surface area (Å²) in [6.45, 7) is 4.59. The predicted octanol–water partition coefficient (Wildman–Crippen LogP) is 1.16. The summed E-state index contributed by atoms with van der Waals surface area (Å²) in [5.41, 5.74) is 2.01. The van der Waals surface area contributed by atoms with Crippen LogP contribution in [0.1, 0.15) is 30.6 Å². The summed E-state index contributed by atoms with van der Waals surface area (Å²) in [5.74, 6) is 0.726. The smallest absolute Gasteiger partial charge is 0.280 e. The lowest BCUT2D eigenvalue weighted by atomic mass is 10.00. The van der Waals surface area contributed by atoms with Crippen LogP contribution in [-0.4, -0.2) is 48.3 Å². The van der Waals surface area contributed by atoms with Gasteiger partial charge in [-0.2, -0.15) is 22.5 Å². The third kappa shape index (κ3) is 3.68. The number of aromatic nitrogens is 2. The molecule has 2 N–H and O–H groups in total. The van der Waals surface area contributed by atoms with Crippen LogP contribution in [0.5, 0.6) is 11.5 Å². The van der Waals surface area contributed by atoms with Crippen molar-refractivity contribution in [3.63, 3.8) is 0 Å². The van der Waals surface area contributed by atoms with Crippen LogP contribution in [0.25, 0.3) is 0 Å². The molecule has 0 spiro atoms. The van der Waals surface area contributed by atoms with Crippen molar-refractivity contribution in [1.29, 1.82) is 0 Å². The van der Waals surface area contributed by atoms with E-state index in [1.807, 2.05) is 20.0 Å². The largest absolute Gasteiger partial charge is 0.454 e. The molecule has 2 aromatic rings. The molecule has 0 aliphatic carbocycles. The minimum Gasteiger partial charge on any atom is -0.454 e. The van der Waals surface area contributed by atoms with Crippen LogP contribution in [0.3, 0.4) is 0 Å². The molecule has 0 saturated carbocycles. The number of hydrogen-bond donors (Lipinski definition) is 2. The zero-order valence-corrected chi connectivity index (χ0v) is 17.2.